The normalized spacial score (nSPS) is 14.2. The average molecular weight is 610 g/mol. The molecule has 2 heterocycles. The zero-order valence-electron chi connectivity index (χ0n) is 24.9. The van der Waals surface area contributed by atoms with E-state index in [0.29, 0.717) is 22.2 Å². The fourth-order valence-corrected chi connectivity index (χ4v) is 6.46. The van der Waals surface area contributed by atoms with Gasteiger partial charge in [0.15, 0.2) is 5.75 Å². The molecule has 0 saturated heterocycles. The Balaban J connectivity index is 1.64. The number of carbonyl (C=O) groups excluding carboxylic acids is 1. The molecule has 0 aliphatic carbocycles. The smallest absolute Gasteiger partial charge is 0.259 e. The maximum atomic E-state index is 14.6. The zero-order chi connectivity index (χ0) is 31.2. The Bertz CT molecular complexity index is 1930. The Morgan fingerprint density at radius 3 is 2.07 bits per heavy atom. The molecule has 0 spiro atoms. The number of fused-ring (bicyclic) bond motifs is 2. The minimum absolute atomic E-state index is 0.173. The molecule has 0 atom stereocenters. The van der Waals surface area contributed by atoms with Crippen molar-refractivity contribution < 1.29 is 22.3 Å². The Hall–Kier alpha value is -4.76. The van der Waals surface area contributed by atoms with Gasteiger partial charge in [-0.1, -0.05) is 72.8 Å². The molecule has 1 amide bonds. The number of amides is 1. The fraction of sp³-hybridized carbons (Fsp3) is 0.200. The van der Waals surface area contributed by atoms with E-state index in [1.807, 2.05) is 74.5 Å². The molecule has 1 aliphatic heterocycles. The highest BCUT2D eigenvalue weighted by Crippen LogP contribution is 2.53. The van der Waals surface area contributed by atoms with E-state index < -0.39 is 21.7 Å². The first-order chi connectivity index (χ1) is 21.0. The molecule has 44 heavy (non-hydrogen) atoms. The van der Waals surface area contributed by atoms with E-state index in [1.54, 1.807) is 35.4 Å². The Kier molecular flexibility index (Phi) is 7.37. The number of ether oxygens (including phenoxy) is 1. The summed E-state index contributed by atoms with van der Waals surface area (Å²) in [6.07, 6.45) is 2.15. The van der Waals surface area contributed by atoms with Crippen molar-refractivity contribution in [1.82, 2.24) is 9.88 Å². The molecule has 0 radical (unpaired) electrons. The summed E-state index contributed by atoms with van der Waals surface area (Å²) in [5.41, 5.74) is 3.03. The van der Waals surface area contributed by atoms with Gasteiger partial charge in [-0.05, 0) is 54.8 Å². The summed E-state index contributed by atoms with van der Waals surface area (Å²) in [4.78, 5) is 20.9. The summed E-state index contributed by atoms with van der Waals surface area (Å²) in [6, 6.07) is 29.0. The second-order valence-corrected chi connectivity index (χ2v) is 13.5. The molecular weight excluding hydrogens is 577 g/mol. The van der Waals surface area contributed by atoms with Gasteiger partial charge in [0.05, 0.1) is 23.0 Å². The summed E-state index contributed by atoms with van der Waals surface area (Å²) in [7, 11) is -2.26. The number of hydrogen-bond donors (Lipinski definition) is 0. The van der Waals surface area contributed by atoms with Gasteiger partial charge in [-0.2, -0.15) is 0 Å². The topological polar surface area (TPSA) is 79.8 Å². The number of anilines is 1. The van der Waals surface area contributed by atoms with Crippen LogP contribution >= 0.6 is 0 Å². The molecule has 4 aromatic carbocycles. The van der Waals surface area contributed by atoms with Gasteiger partial charge in [0, 0.05) is 30.7 Å². The maximum absolute atomic E-state index is 14.6. The minimum Gasteiger partial charge on any atom is -0.478 e. The van der Waals surface area contributed by atoms with Gasteiger partial charge in [-0.25, -0.2) is 12.8 Å². The van der Waals surface area contributed by atoms with Gasteiger partial charge in [0.25, 0.3) is 5.91 Å². The first-order valence-corrected chi connectivity index (χ1v) is 16.1. The van der Waals surface area contributed by atoms with Crippen molar-refractivity contribution in [1.29, 1.82) is 0 Å². The highest BCUT2D eigenvalue weighted by Gasteiger charge is 2.49. The highest BCUT2D eigenvalue weighted by atomic mass is 32.2. The highest BCUT2D eigenvalue weighted by molar-refractivity contribution is 7.92. The summed E-state index contributed by atoms with van der Waals surface area (Å²) in [5.74, 6) is -0.430. The fourth-order valence-electron chi connectivity index (χ4n) is 5.94. The van der Waals surface area contributed by atoms with E-state index in [1.165, 1.54) is 23.5 Å². The summed E-state index contributed by atoms with van der Waals surface area (Å²) in [6.45, 7) is 3.95. The molecule has 0 saturated carbocycles. The van der Waals surface area contributed by atoms with Crippen molar-refractivity contribution in [3.63, 3.8) is 0 Å². The summed E-state index contributed by atoms with van der Waals surface area (Å²) < 4.78 is 48.0. The first kappa shape index (κ1) is 29.3. The maximum Gasteiger partial charge on any atom is 0.259 e. The van der Waals surface area contributed by atoms with Gasteiger partial charge in [0.2, 0.25) is 10.0 Å². The molecular formula is C35H32FN3O4S. The number of carbonyl (C=O) groups is 1. The predicted octanol–water partition coefficient (Wildman–Crippen LogP) is 6.83. The van der Waals surface area contributed by atoms with Crippen molar-refractivity contribution in [2.24, 2.45) is 0 Å². The molecule has 224 valence electrons. The van der Waals surface area contributed by atoms with Gasteiger partial charge in [-0.3, -0.25) is 14.1 Å². The van der Waals surface area contributed by atoms with Crippen LogP contribution in [0.1, 0.15) is 52.6 Å². The van der Waals surface area contributed by atoms with Crippen LogP contribution < -0.4 is 9.04 Å². The predicted molar refractivity (Wildman–Crippen MR) is 170 cm³/mol. The molecule has 5 aromatic rings. The van der Waals surface area contributed by atoms with Gasteiger partial charge >= 0.3 is 0 Å². The van der Waals surface area contributed by atoms with Gasteiger partial charge < -0.3 is 9.64 Å². The van der Waals surface area contributed by atoms with Crippen LogP contribution in [0.2, 0.25) is 0 Å². The lowest BCUT2D eigenvalue weighted by molar-refractivity contribution is 0.0593. The van der Waals surface area contributed by atoms with E-state index in [4.69, 9.17) is 4.74 Å². The van der Waals surface area contributed by atoms with E-state index in [-0.39, 0.29) is 29.6 Å². The third-order valence-electron chi connectivity index (χ3n) is 8.24. The van der Waals surface area contributed by atoms with E-state index in [2.05, 4.69) is 4.98 Å². The van der Waals surface area contributed by atoms with Crippen LogP contribution in [-0.4, -0.2) is 37.5 Å². The number of sulfonamides is 1. The minimum atomic E-state index is -3.75. The number of halogens is 1. The van der Waals surface area contributed by atoms with Crippen LogP contribution in [0.4, 0.5) is 10.1 Å². The summed E-state index contributed by atoms with van der Waals surface area (Å²) in [5, 5.41) is 0.540. The van der Waals surface area contributed by atoms with Crippen LogP contribution in [0.5, 0.6) is 5.75 Å². The first-order valence-electron chi connectivity index (χ1n) is 14.2. The zero-order valence-corrected chi connectivity index (χ0v) is 25.7. The SMILES string of the molecule is CN(c1c2c(c(OC(c3ccccc3)c3ccccc3)c3ncccc13)C(=O)N(Cc1ccc(F)cc1)C2(C)C)S(C)(=O)=O. The van der Waals surface area contributed by atoms with Crippen LogP contribution in [0.25, 0.3) is 10.9 Å². The van der Waals surface area contributed by atoms with Crippen molar-refractivity contribution >= 4 is 32.5 Å². The molecule has 7 nitrogen and oxygen atoms in total. The molecule has 6 rings (SSSR count). The Labute approximate surface area is 256 Å². The Morgan fingerprint density at radius 1 is 0.909 bits per heavy atom. The average Bonchev–Trinajstić information content (AvgIpc) is 3.21. The lowest BCUT2D eigenvalue weighted by Gasteiger charge is -2.35. The van der Waals surface area contributed by atoms with Crippen molar-refractivity contribution in [3.8, 4) is 5.75 Å². The van der Waals surface area contributed by atoms with Crippen molar-refractivity contribution in [2.45, 2.75) is 32.0 Å². The number of aromatic nitrogens is 1. The molecule has 9 heteroatoms. The molecule has 0 bridgehead atoms. The van der Waals surface area contributed by atoms with Crippen molar-refractivity contribution in [3.05, 3.63) is 137 Å². The molecule has 1 aliphatic rings. The number of benzene rings is 4. The number of hydrogen-bond acceptors (Lipinski definition) is 5. The Morgan fingerprint density at radius 2 is 1.50 bits per heavy atom. The quantitative estimate of drug-likeness (QED) is 0.193. The van der Waals surface area contributed by atoms with E-state index in [9.17, 15) is 17.6 Å². The largest absolute Gasteiger partial charge is 0.478 e. The summed E-state index contributed by atoms with van der Waals surface area (Å²) >= 11 is 0. The molecule has 0 unspecified atom stereocenters. The monoisotopic (exact) mass is 609 g/mol. The lowest BCUT2D eigenvalue weighted by atomic mass is 9.89. The van der Waals surface area contributed by atoms with Crippen molar-refractivity contribution in [2.75, 3.05) is 17.6 Å². The van der Waals surface area contributed by atoms with Gasteiger partial charge in [0.1, 0.15) is 17.4 Å². The van der Waals surface area contributed by atoms with Crippen LogP contribution in [-0.2, 0) is 22.1 Å². The van der Waals surface area contributed by atoms with Crippen LogP contribution in [0.15, 0.2) is 103 Å². The van der Waals surface area contributed by atoms with Gasteiger partial charge in [-0.15, -0.1) is 0 Å². The number of nitrogens with zero attached hydrogens (tertiary/aromatic N) is 3. The second-order valence-electron chi connectivity index (χ2n) is 11.5. The molecule has 1 aromatic heterocycles. The van der Waals surface area contributed by atoms with E-state index >= 15 is 0 Å². The number of pyridine rings is 1. The third kappa shape index (κ3) is 5.07. The third-order valence-corrected chi connectivity index (χ3v) is 9.42. The van der Waals surface area contributed by atoms with Crippen LogP contribution in [0.3, 0.4) is 0 Å². The van der Waals surface area contributed by atoms with E-state index in [0.717, 1.165) is 22.9 Å². The standard InChI is InChI=1S/C35H32FN3O4S/c1-35(2)29-28(34(40)39(35)22-23-17-19-26(36)20-18-23)33(30-27(16-11-21-37-30)31(29)38(3)44(4,41)42)43-32(24-12-7-5-8-13-24)25-14-9-6-10-15-25/h5-21,32H,22H2,1-4H3. The molecule has 0 N–H and O–H groups in total. The number of rotatable bonds is 8. The second kappa shape index (κ2) is 11.1. The van der Waals surface area contributed by atoms with Crippen LogP contribution in [0, 0.1) is 5.82 Å². The molecule has 0 fully saturated rings. The lowest BCUT2D eigenvalue weighted by Crippen LogP contribution is -2.39.